The van der Waals surface area contributed by atoms with Gasteiger partial charge in [-0.3, -0.25) is 19.3 Å². The summed E-state index contributed by atoms with van der Waals surface area (Å²) in [4.78, 5) is 43.3. The summed E-state index contributed by atoms with van der Waals surface area (Å²) in [6, 6.07) is 16.4. The Morgan fingerprint density at radius 2 is 1.46 bits per heavy atom. The Hall–Kier alpha value is -2.97. The molecule has 2 heterocycles. The van der Waals surface area contributed by atoms with E-state index in [0.717, 1.165) is 15.6 Å². The van der Waals surface area contributed by atoms with Crippen molar-refractivity contribution in [3.05, 3.63) is 76.3 Å². The van der Waals surface area contributed by atoms with Crippen molar-refractivity contribution < 1.29 is 28.6 Å². The second-order valence-electron chi connectivity index (χ2n) is 12.9. The molecule has 2 saturated heterocycles. The maximum absolute atomic E-state index is 13.8. The fourth-order valence-electron chi connectivity index (χ4n) is 6.12. The van der Waals surface area contributed by atoms with E-state index in [1.807, 2.05) is 113 Å². The largest absolute Gasteiger partial charge is 0.468 e. The third-order valence-electron chi connectivity index (χ3n) is 7.48. The first-order valence-corrected chi connectivity index (χ1v) is 14.8. The van der Waals surface area contributed by atoms with Crippen LogP contribution in [0.2, 0.25) is 0 Å². The van der Waals surface area contributed by atoms with Crippen molar-refractivity contribution >= 4 is 39.9 Å². The number of carbonyl (C=O) groups is 3. The van der Waals surface area contributed by atoms with E-state index in [0.29, 0.717) is 0 Å². The average Bonchev–Trinajstić information content (AvgIpc) is 3.38. The number of rotatable bonds is 6. The third kappa shape index (κ3) is 6.75. The van der Waals surface area contributed by atoms with Gasteiger partial charge in [-0.15, -0.1) is 0 Å². The van der Waals surface area contributed by atoms with E-state index in [1.165, 1.54) is 7.11 Å². The fraction of sp³-hybridized carbons (Fsp3) is 0.485. The number of methoxy groups -OCH3 is 1. The van der Waals surface area contributed by atoms with Crippen LogP contribution in [0.3, 0.4) is 0 Å². The summed E-state index contributed by atoms with van der Waals surface area (Å²) in [6.07, 6.45) is 4.22. The normalized spacial score (nSPS) is 26.5. The quantitative estimate of drug-likeness (QED) is 0.267. The van der Waals surface area contributed by atoms with Gasteiger partial charge in [0.15, 0.2) is 0 Å². The summed E-state index contributed by atoms with van der Waals surface area (Å²) in [6.45, 7) is 11.0. The van der Waals surface area contributed by atoms with Gasteiger partial charge in [0.25, 0.3) is 0 Å². The summed E-state index contributed by atoms with van der Waals surface area (Å²) in [5.74, 6) is -2.59. The Kier molecular flexibility index (Phi) is 8.86. The first kappa shape index (κ1) is 31.0. The third-order valence-corrected chi connectivity index (χ3v) is 7.98. The summed E-state index contributed by atoms with van der Waals surface area (Å²) in [5, 5.41) is 0. The molecule has 2 fully saturated rings. The molecular weight excluding hydrogens is 586 g/mol. The molecule has 41 heavy (non-hydrogen) atoms. The number of esters is 3. The van der Waals surface area contributed by atoms with E-state index in [4.69, 9.17) is 14.2 Å². The van der Waals surface area contributed by atoms with E-state index in [-0.39, 0.29) is 24.8 Å². The maximum atomic E-state index is 13.8. The maximum Gasteiger partial charge on any atom is 0.326 e. The summed E-state index contributed by atoms with van der Waals surface area (Å²) in [7, 11) is 1.35. The molecule has 220 valence electrons. The zero-order valence-electron chi connectivity index (χ0n) is 24.8. The van der Waals surface area contributed by atoms with E-state index in [9.17, 15) is 14.4 Å². The lowest BCUT2D eigenvalue weighted by atomic mass is 9.83. The molecule has 2 aliphatic heterocycles. The van der Waals surface area contributed by atoms with Crippen molar-refractivity contribution in [1.29, 1.82) is 0 Å². The van der Waals surface area contributed by atoms with E-state index >= 15 is 0 Å². The highest BCUT2D eigenvalue weighted by Gasteiger charge is 2.68. The fourth-order valence-corrected chi connectivity index (χ4v) is 6.53. The Labute approximate surface area is 251 Å². The molecule has 2 aromatic carbocycles. The van der Waals surface area contributed by atoms with Crippen LogP contribution in [0.1, 0.15) is 71.6 Å². The molecular formula is C33H40BrNO6. The number of hydrogen-bond donors (Lipinski definition) is 0. The van der Waals surface area contributed by atoms with Crippen LogP contribution in [0.25, 0.3) is 6.08 Å². The van der Waals surface area contributed by atoms with Crippen LogP contribution in [-0.4, -0.2) is 52.7 Å². The number of fused-ring (bicyclic) bond motifs is 1. The highest BCUT2D eigenvalue weighted by atomic mass is 79.9. The van der Waals surface area contributed by atoms with Gasteiger partial charge in [-0.2, -0.15) is 0 Å². The van der Waals surface area contributed by atoms with Gasteiger partial charge in [0.2, 0.25) is 0 Å². The number of ether oxygens (including phenoxy) is 3. The lowest BCUT2D eigenvalue weighted by molar-refractivity contribution is -0.161. The van der Waals surface area contributed by atoms with Crippen molar-refractivity contribution in [1.82, 2.24) is 4.90 Å². The molecule has 0 unspecified atom stereocenters. The lowest BCUT2D eigenvalue weighted by Crippen LogP contribution is -2.49. The Morgan fingerprint density at radius 3 is 2.02 bits per heavy atom. The Bertz CT molecular complexity index is 1310. The first-order valence-electron chi connectivity index (χ1n) is 14.0. The molecule has 0 radical (unpaired) electrons. The summed E-state index contributed by atoms with van der Waals surface area (Å²) in [5.41, 5.74) is -0.872. The molecule has 0 bridgehead atoms. The molecule has 0 amide bonds. The minimum atomic E-state index is -1.24. The van der Waals surface area contributed by atoms with Crippen molar-refractivity contribution in [2.45, 2.75) is 83.2 Å². The predicted octanol–water partition coefficient (Wildman–Crippen LogP) is 6.51. The minimum Gasteiger partial charge on any atom is -0.468 e. The molecule has 2 aliphatic rings. The SMILES string of the molecule is COC(=O)[C@]12C[C@@H](C(=O)OC(C)(C)C)[C@@H](/C=C/c3ccccc3)N1[C@H](c1cccc(Br)c1)[C@H](C(=O)OC(C)(C)C)C2. The number of benzene rings is 2. The first-order chi connectivity index (χ1) is 19.1. The molecule has 2 aromatic rings. The zero-order valence-corrected chi connectivity index (χ0v) is 26.4. The topological polar surface area (TPSA) is 82.1 Å². The monoisotopic (exact) mass is 625 g/mol. The minimum absolute atomic E-state index is 0.154. The zero-order chi connectivity index (χ0) is 30.2. The van der Waals surface area contributed by atoms with Gasteiger partial charge >= 0.3 is 17.9 Å². The number of halogens is 1. The van der Waals surface area contributed by atoms with Crippen LogP contribution in [0.5, 0.6) is 0 Å². The van der Waals surface area contributed by atoms with Crippen LogP contribution in [0.4, 0.5) is 0 Å². The van der Waals surface area contributed by atoms with Crippen molar-refractivity contribution in [2.24, 2.45) is 11.8 Å². The molecule has 0 spiro atoms. The summed E-state index contributed by atoms with van der Waals surface area (Å²) < 4.78 is 18.0. The van der Waals surface area contributed by atoms with Crippen molar-refractivity contribution in [2.75, 3.05) is 7.11 Å². The van der Waals surface area contributed by atoms with Crippen LogP contribution < -0.4 is 0 Å². The highest BCUT2D eigenvalue weighted by Crippen LogP contribution is 2.57. The van der Waals surface area contributed by atoms with E-state index < -0.39 is 46.6 Å². The van der Waals surface area contributed by atoms with Crippen LogP contribution in [-0.2, 0) is 28.6 Å². The van der Waals surface area contributed by atoms with Gasteiger partial charge in [-0.1, -0.05) is 70.5 Å². The predicted molar refractivity (Wildman–Crippen MR) is 161 cm³/mol. The summed E-state index contributed by atoms with van der Waals surface area (Å²) >= 11 is 3.57. The lowest BCUT2D eigenvalue weighted by Gasteiger charge is -2.36. The molecule has 8 heteroatoms. The molecule has 5 atom stereocenters. The van der Waals surface area contributed by atoms with Crippen molar-refractivity contribution in [3.8, 4) is 0 Å². The molecule has 7 nitrogen and oxygen atoms in total. The van der Waals surface area contributed by atoms with Gasteiger partial charge in [-0.25, -0.2) is 0 Å². The number of hydrogen-bond acceptors (Lipinski definition) is 7. The number of nitrogens with zero attached hydrogens (tertiary/aromatic N) is 1. The van der Waals surface area contributed by atoms with Gasteiger partial charge in [0.05, 0.1) is 18.9 Å². The van der Waals surface area contributed by atoms with Gasteiger partial charge < -0.3 is 14.2 Å². The Balaban J connectivity index is 1.91. The van der Waals surface area contributed by atoms with Gasteiger partial charge in [0.1, 0.15) is 16.7 Å². The highest BCUT2D eigenvalue weighted by molar-refractivity contribution is 9.10. The molecule has 0 aromatic heterocycles. The van der Waals surface area contributed by atoms with Crippen LogP contribution >= 0.6 is 15.9 Å². The second-order valence-corrected chi connectivity index (χ2v) is 13.8. The number of carbonyl (C=O) groups excluding carboxylic acids is 3. The molecule has 0 N–H and O–H groups in total. The standard InChI is InChI=1S/C33H40BrNO6/c1-31(2,3)40-28(36)24-19-33(30(38)39-7)20-25(29(37)41-32(4,5)6)27(22-14-11-15-23(34)18-22)35(33)26(24)17-16-21-12-9-8-10-13-21/h8-18,24-27H,19-20H2,1-7H3/b17-16+/t24-,25-,26-,27-,33-/m1/s1. The van der Waals surface area contributed by atoms with E-state index in [1.54, 1.807) is 0 Å². The second kappa shape index (κ2) is 11.7. The smallest absolute Gasteiger partial charge is 0.326 e. The van der Waals surface area contributed by atoms with Crippen LogP contribution in [0.15, 0.2) is 65.1 Å². The van der Waals surface area contributed by atoms with Gasteiger partial charge in [-0.05, 0) is 77.6 Å². The molecule has 0 saturated carbocycles. The van der Waals surface area contributed by atoms with Crippen LogP contribution in [0, 0.1) is 11.8 Å². The Morgan fingerprint density at radius 1 is 0.878 bits per heavy atom. The van der Waals surface area contributed by atoms with Crippen molar-refractivity contribution in [3.63, 3.8) is 0 Å². The molecule has 0 aliphatic carbocycles. The average molecular weight is 627 g/mol. The van der Waals surface area contributed by atoms with Gasteiger partial charge in [0, 0.05) is 16.6 Å². The van der Waals surface area contributed by atoms with E-state index in [2.05, 4.69) is 15.9 Å². The molecule has 4 rings (SSSR count).